The molecule has 8 heteroatoms. The normalized spacial score (nSPS) is 11.1. The lowest BCUT2D eigenvalue weighted by Gasteiger charge is -2.11. The molecule has 2 amide bonds. The Morgan fingerprint density at radius 2 is 0.894 bits per heavy atom. The number of nitrogens with one attached hydrogen (secondary N) is 2. The minimum Gasteiger partial charge on any atom is -0.352 e. The van der Waals surface area contributed by atoms with Gasteiger partial charge in [0.1, 0.15) is 0 Å². The molecule has 0 aliphatic heterocycles. The van der Waals surface area contributed by atoms with Crippen LogP contribution in [-0.2, 0) is 0 Å². The first kappa shape index (κ1) is 32.5. The summed E-state index contributed by atoms with van der Waals surface area (Å²) in [5.41, 5.74) is 6.34. The van der Waals surface area contributed by atoms with Crippen molar-refractivity contribution in [1.29, 1.82) is 0 Å². The van der Waals surface area contributed by atoms with E-state index in [-0.39, 0.29) is 11.8 Å². The van der Waals surface area contributed by atoms with Crippen molar-refractivity contribution in [2.45, 2.75) is 32.1 Å². The van der Waals surface area contributed by atoms with Gasteiger partial charge in [0.15, 0.2) is 0 Å². The summed E-state index contributed by atoms with van der Waals surface area (Å²) in [6.07, 6.45) is 4.82. The van der Waals surface area contributed by atoms with Gasteiger partial charge in [-0.1, -0.05) is 112 Å². The number of hydrogen-bond donors (Lipinski definition) is 2. The highest BCUT2D eigenvalue weighted by atomic mass is 79.9. The molecule has 0 radical (unpaired) electrons. The van der Waals surface area contributed by atoms with Gasteiger partial charge in [-0.25, -0.2) is 9.97 Å². The van der Waals surface area contributed by atoms with Gasteiger partial charge in [-0.15, -0.1) is 0 Å². The molecular formula is C39H34Br2N4O2. The zero-order valence-electron chi connectivity index (χ0n) is 25.8. The Bertz CT molecular complexity index is 1880. The van der Waals surface area contributed by atoms with Gasteiger partial charge >= 0.3 is 0 Å². The number of benzene rings is 4. The molecule has 0 aliphatic carbocycles. The first-order valence-corrected chi connectivity index (χ1v) is 17.4. The van der Waals surface area contributed by atoms with Gasteiger partial charge in [-0.2, -0.15) is 0 Å². The summed E-state index contributed by atoms with van der Waals surface area (Å²) in [5, 5.41) is 7.91. The first-order valence-electron chi connectivity index (χ1n) is 15.8. The van der Waals surface area contributed by atoms with Crippen LogP contribution in [0.5, 0.6) is 0 Å². The van der Waals surface area contributed by atoms with E-state index in [0.29, 0.717) is 24.2 Å². The van der Waals surface area contributed by atoms with E-state index in [0.717, 1.165) is 85.4 Å². The van der Waals surface area contributed by atoms with E-state index in [4.69, 9.17) is 9.97 Å². The number of hydrogen-bond acceptors (Lipinski definition) is 4. The van der Waals surface area contributed by atoms with Crippen LogP contribution in [0.3, 0.4) is 0 Å². The fourth-order valence-electron chi connectivity index (χ4n) is 5.64. The number of aromatic nitrogens is 2. The number of carbonyl (C=O) groups excluding carboxylic acids is 2. The lowest BCUT2D eigenvalue weighted by Crippen LogP contribution is -2.25. The van der Waals surface area contributed by atoms with Crippen molar-refractivity contribution < 1.29 is 9.59 Å². The maximum atomic E-state index is 13.3. The highest BCUT2D eigenvalue weighted by Gasteiger charge is 2.15. The molecule has 0 aliphatic rings. The van der Waals surface area contributed by atoms with E-state index < -0.39 is 0 Å². The molecule has 6 rings (SSSR count). The second-order valence-electron chi connectivity index (χ2n) is 11.4. The molecule has 2 heterocycles. The van der Waals surface area contributed by atoms with Gasteiger partial charge in [0.25, 0.3) is 11.8 Å². The number of fused-ring (bicyclic) bond motifs is 2. The maximum absolute atomic E-state index is 13.3. The Balaban J connectivity index is 0.967. The summed E-state index contributed by atoms with van der Waals surface area (Å²) in [6, 6.07) is 35.2. The van der Waals surface area contributed by atoms with E-state index >= 15 is 0 Å². The monoisotopic (exact) mass is 748 g/mol. The minimum absolute atomic E-state index is 0.0865. The third kappa shape index (κ3) is 8.13. The Kier molecular flexibility index (Phi) is 10.7. The van der Waals surface area contributed by atoms with Crippen LogP contribution in [0.2, 0.25) is 0 Å². The van der Waals surface area contributed by atoms with Crippen LogP contribution in [-0.4, -0.2) is 34.9 Å². The van der Waals surface area contributed by atoms with Crippen LogP contribution in [0.15, 0.2) is 118 Å². The standard InChI is InChI=1S/C39H34Br2N4O2/c40-28-18-14-26(15-19-28)36-24-32(30-10-4-6-12-34(30)44-36)38(46)42-22-8-2-1-3-9-23-43-39(47)33-25-37(27-16-20-29(41)21-17-27)45-35-13-7-5-11-31(33)35/h4-7,10-21,24-25H,1-3,8-9,22-23H2,(H,42,46)(H,43,47). The molecule has 0 bridgehead atoms. The molecule has 47 heavy (non-hydrogen) atoms. The summed E-state index contributed by atoms with van der Waals surface area (Å²) < 4.78 is 1.99. The largest absolute Gasteiger partial charge is 0.352 e. The van der Waals surface area contributed by atoms with Crippen molar-refractivity contribution in [1.82, 2.24) is 20.6 Å². The van der Waals surface area contributed by atoms with Crippen LogP contribution in [0, 0.1) is 0 Å². The molecule has 6 nitrogen and oxygen atoms in total. The lowest BCUT2D eigenvalue weighted by atomic mass is 10.0. The summed E-state index contributed by atoms with van der Waals surface area (Å²) >= 11 is 6.96. The van der Waals surface area contributed by atoms with Gasteiger partial charge < -0.3 is 10.6 Å². The number of rotatable bonds is 12. The number of para-hydroxylation sites is 2. The van der Waals surface area contributed by atoms with Crippen LogP contribution in [0.4, 0.5) is 0 Å². The minimum atomic E-state index is -0.0865. The Morgan fingerprint density at radius 1 is 0.511 bits per heavy atom. The molecule has 2 aromatic heterocycles. The number of pyridine rings is 2. The maximum Gasteiger partial charge on any atom is 0.252 e. The fourth-order valence-corrected chi connectivity index (χ4v) is 6.17. The zero-order chi connectivity index (χ0) is 32.6. The van der Waals surface area contributed by atoms with Crippen molar-refractivity contribution >= 4 is 65.5 Å². The second kappa shape index (κ2) is 15.5. The molecule has 0 spiro atoms. The topological polar surface area (TPSA) is 84.0 Å². The summed E-state index contributed by atoms with van der Waals surface area (Å²) in [5.74, 6) is -0.173. The van der Waals surface area contributed by atoms with Crippen LogP contribution in [0.25, 0.3) is 44.3 Å². The van der Waals surface area contributed by atoms with Crippen molar-refractivity contribution in [2.24, 2.45) is 0 Å². The average molecular weight is 751 g/mol. The third-order valence-electron chi connectivity index (χ3n) is 8.13. The predicted octanol–water partition coefficient (Wildman–Crippen LogP) is 9.75. The van der Waals surface area contributed by atoms with E-state index in [9.17, 15) is 9.59 Å². The highest BCUT2D eigenvalue weighted by Crippen LogP contribution is 2.27. The van der Waals surface area contributed by atoms with Crippen molar-refractivity contribution in [2.75, 3.05) is 13.1 Å². The molecule has 2 N–H and O–H groups in total. The Hall–Kier alpha value is -4.40. The summed E-state index contributed by atoms with van der Waals surface area (Å²) in [6.45, 7) is 1.21. The van der Waals surface area contributed by atoms with E-state index in [1.54, 1.807) is 0 Å². The molecule has 0 saturated carbocycles. The van der Waals surface area contributed by atoms with E-state index in [1.807, 2.05) is 109 Å². The van der Waals surface area contributed by atoms with Gasteiger partial charge in [-0.05, 0) is 61.4 Å². The molecule has 0 atom stereocenters. The van der Waals surface area contributed by atoms with Crippen LogP contribution < -0.4 is 10.6 Å². The number of nitrogens with zero attached hydrogens (tertiary/aromatic N) is 2. The molecule has 6 aromatic rings. The third-order valence-corrected chi connectivity index (χ3v) is 9.18. The van der Waals surface area contributed by atoms with Crippen LogP contribution >= 0.6 is 31.9 Å². The first-order chi connectivity index (χ1) is 23.0. The van der Waals surface area contributed by atoms with Crippen molar-refractivity contribution in [3.8, 4) is 22.5 Å². The van der Waals surface area contributed by atoms with Crippen LogP contribution in [0.1, 0.15) is 52.8 Å². The van der Waals surface area contributed by atoms with Gasteiger partial charge in [0, 0.05) is 43.9 Å². The Labute approximate surface area is 291 Å². The van der Waals surface area contributed by atoms with Gasteiger partial charge in [0.2, 0.25) is 0 Å². The predicted molar refractivity (Wildman–Crippen MR) is 198 cm³/mol. The molecule has 236 valence electrons. The van der Waals surface area contributed by atoms with E-state index in [1.165, 1.54) is 0 Å². The molecule has 0 fully saturated rings. The fraction of sp³-hybridized carbons (Fsp3) is 0.179. The highest BCUT2D eigenvalue weighted by molar-refractivity contribution is 9.10. The molecule has 0 unspecified atom stereocenters. The number of unbranched alkanes of at least 4 members (excludes halogenated alkanes) is 4. The van der Waals surface area contributed by atoms with Crippen molar-refractivity contribution in [3.63, 3.8) is 0 Å². The lowest BCUT2D eigenvalue weighted by molar-refractivity contribution is 0.0947. The van der Waals surface area contributed by atoms with Crippen molar-refractivity contribution in [3.05, 3.63) is 129 Å². The quantitative estimate of drug-likeness (QED) is 0.122. The number of carbonyl (C=O) groups is 2. The summed E-state index contributed by atoms with van der Waals surface area (Å²) in [7, 11) is 0. The summed E-state index contributed by atoms with van der Waals surface area (Å²) in [4.78, 5) is 36.1. The van der Waals surface area contributed by atoms with Gasteiger partial charge in [-0.3, -0.25) is 9.59 Å². The molecular weight excluding hydrogens is 716 g/mol. The second-order valence-corrected chi connectivity index (χ2v) is 13.3. The van der Waals surface area contributed by atoms with E-state index in [2.05, 4.69) is 42.5 Å². The Morgan fingerprint density at radius 3 is 1.32 bits per heavy atom. The molecule has 4 aromatic carbocycles. The number of amides is 2. The SMILES string of the molecule is O=C(NCCCCCCCNC(=O)c1cc(-c2ccc(Br)cc2)nc2ccccc12)c1cc(-c2ccc(Br)cc2)nc2ccccc12. The van der Waals surface area contributed by atoms with Gasteiger partial charge in [0.05, 0.1) is 33.5 Å². The molecule has 0 saturated heterocycles. The number of halogens is 2. The zero-order valence-corrected chi connectivity index (χ0v) is 29.0. The average Bonchev–Trinajstić information content (AvgIpc) is 3.10. The smallest absolute Gasteiger partial charge is 0.252 e.